The molecule has 7 N–H and O–H groups in total. The van der Waals surface area contributed by atoms with Gasteiger partial charge in [-0.2, -0.15) is 0 Å². The van der Waals surface area contributed by atoms with E-state index in [9.17, 15) is 40.2 Å². The molecule has 20 atom stereocenters. The number of aliphatic hydroxyl groups excluding tert-OH is 4. The zero-order chi connectivity index (χ0) is 54.6. The van der Waals surface area contributed by atoms with Gasteiger partial charge in [0.05, 0.1) is 54.2 Å². The summed E-state index contributed by atoms with van der Waals surface area (Å²) in [6.45, 7) is 16.0. The third-order valence-electron chi connectivity index (χ3n) is 16.6. The number of esters is 1. The molecular weight excluding hydrogens is 960 g/mol. The van der Waals surface area contributed by atoms with Gasteiger partial charge in [-0.25, -0.2) is 4.39 Å². The number of hydrogen-bond donors (Lipinski definition) is 7. The van der Waals surface area contributed by atoms with Crippen molar-refractivity contribution in [1.29, 1.82) is 0 Å². The lowest BCUT2D eigenvalue weighted by Crippen LogP contribution is -2.59. The molecule has 1 aromatic carbocycles. The van der Waals surface area contributed by atoms with Gasteiger partial charge in [0.2, 0.25) is 5.91 Å². The summed E-state index contributed by atoms with van der Waals surface area (Å²) in [5.74, 6) is -3.12. The molecule has 2 aromatic rings. The van der Waals surface area contributed by atoms with Gasteiger partial charge < -0.3 is 74.2 Å². The van der Waals surface area contributed by atoms with Crippen molar-refractivity contribution in [1.82, 2.24) is 20.1 Å². The molecular formula is C55H87FN4O14. The topological polar surface area (TPSA) is 242 Å². The maximum Gasteiger partial charge on any atom is 0.311 e. The molecule has 4 heterocycles. The Labute approximate surface area is 437 Å². The van der Waals surface area contributed by atoms with Crippen LogP contribution in [0.3, 0.4) is 0 Å². The Kier molecular flexibility index (Phi) is 20.3. The smallest absolute Gasteiger partial charge is 0.311 e. The first-order chi connectivity index (χ1) is 34.7. The molecule has 4 aliphatic rings. The predicted molar refractivity (Wildman–Crippen MR) is 273 cm³/mol. The Bertz CT molecular complexity index is 2140. The number of benzene rings is 1. The lowest BCUT2D eigenvalue weighted by Gasteiger charge is -2.47. The second-order valence-electron chi connectivity index (χ2n) is 22.9. The Hall–Kier alpha value is -3.28. The van der Waals surface area contributed by atoms with E-state index in [1.54, 1.807) is 72.1 Å². The van der Waals surface area contributed by atoms with Gasteiger partial charge in [0, 0.05) is 69.0 Å². The lowest BCUT2D eigenvalue weighted by molar-refractivity contribution is -0.308. The first-order valence-electron chi connectivity index (χ1n) is 26.6. The Morgan fingerprint density at radius 1 is 1.00 bits per heavy atom. The molecule has 0 spiro atoms. The predicted octanol–water partition coefficient (Wildman–Crippen LogP) is 3.58. The van der Waals surface area contributed by atoms with E-state index >= 15 is 4.39 Å². The molecule has 1 aromatic heterocycles. The number of nitrogens with zero attached hydrogens (tertiary/aromatic N) is 3. The molecule has 1 unspecified atom stereocenters. The number of hydrogen-bond acceptors (Lipinski definition) is 17. The summed E-state index contributed by atoms with van der Waals surface area (Å²) >= 11 is 0. The van der Waals surface area contributed by atoms with E-state index in [2.05, 4.69) is 10.3 Å². The Morgan fingerprint density at radius 2 is 1.72 bits per heavy atom. The monoisotopic (exact) mass is 1050 g/mol. The number of aliphatic hydroxyl groups is 6. The first-order valence-corrected chi connectivity index (χ1v) is 26.6. The lowest BCUT2D eigenvalue weighted by atomic mass is 9.83. The number of amides is 1. The Morgan fingerprint density at radius 3 is 2.35 bits per heavy atom. The molecule has 74 heavy (non-hydrogen) atoms. The Balaban J connectivity index is 1.20. The van der Waals surface area contributed by atoms with Gasteiger partial charge in [-0.15, -0.1) is 0 Å². The third kappa shape index (κ3) is 14.2. The summed E-state index contributed by atoms with van der Waals surface area (Å²) in [6, 6.07) is 6.69. The van der Waals surface area contributed by atoms with Gasteiger partial charge in [-0.3, -0.25) is 14.6 Å². The second kappa shape index (κ2) is 25.0. The maximum atomic E-state index is 15.3. The number of halogens is 1. The quantitative estimate of drug-likeness (QED) is 0.126. The van der Waals surface area contributed by atoms with Crippen LogP contribution in [0.5, 0.6) is 0 Å². The van der Waals surface area contributed by atoms with Crippen LogP contribution in [0, 0.1) is 29.5 Å². The number of carbonyl (C=O) groups is 2. The number of methoxy groups -OCH3 is 1. The van der Waals surface area contributed by atoms with E-state index in [0.29, 0.717) is 37.1 Å². The minimum atomic E-state index is -1.85. The SMILES string of the molecule is CC[C@H]1OC(=O)[C@H](C)[C@@H](O[C@H]2C[C@@](C)(OC)[C@@H](O)[C@H](C)O2)C[C@@H](O[C@@H]2O[C@H](C)CC(N(C)C[C@@H]3C[C@H]3C(=O)N[C@H](CO)Cc3ccc(-c4cccnc4)cc3F)[C@H]2O)[C@](C)(O)C[C@@H](C)CN(C)[C@H](C)[C@@H](O)[C@]1(C)O. The summed E-state index contributed by atoms with van der Waals surface area (Å²) in [6.07, 6.45) is -5.61. The van der Waals surface area contributed by atoms with Gasteiger partial charge in [-0.1, -0.05) is 32.0 Å². The highest BCUT2D eigenvalue weighted by molar-refractivity contribution is 5.82. The molecule has 0 radical (unpaired) electrons. The van der Waals surface area contributed by atoms with Gasteiger partial charge in [-0.05, 0) is 130 Å². The van der Waals surface area contributed by atoms with Crippen molar-refractivity contribution in [3.63, 3.8) is 0 Å². The van der Waals surface area contributed by atoms with Crippen molar-refractivity contribution >= 4 is 11.9 Å². The normalized spacial score (nSPS) is 40.4. The van der Waals surface area contributed by atoms with E-state index < -0.39 is 114 Å². The number of carbonyl (C=O) groups excluding carboxylic acids is 2. The van der Waals surface area contributed by atoms with E-state index in [1.807, 2.05) is 43.8 Å². The fourth-order valence-electron chi connectivity index (χ4n) is 11.5. The number of ether oxygens (including phenoxy) is 6. The molecule has 1 aliphatic carbocycles. The van der Waals surface area contributed by atoms with Crippen LogP contribution in [0.2, 0.25) is 0 Å². The second-order valence-corrected chi connectivity index (χ2v) is 22.9. The molecule has 4 fully saturated rings. The van der Waals surface area contributed by atoms with Crippen LogP contribution in [0.25, 0.3) is 11.1 Å². The molecule has 3 aliphatic heterocycles. The summed E-state index contributed by atoms with van der Waals surface area (Å²) < 4.78 is 53.1. The molecule has 1 amide bonds. The number of nitrogens with one attached hydrogen (secondary N) is 1. The number of cyclic esters (lactones) is 1. The highest BCUT2D eigenvalue weighted by Gasteiger charge is 2.52. The van der Waals surface area contributed by atoms with Gasteiger partial charge >= 0.3 is 5.97 Å². The summed E-state index contributed by atoms with van der Waals surface area (Å²) in [5.41, 5.74) is -2.77. The average molecular weight is 1050 g/mol. The van der Waals surface area contributed by atoms with Crippen LogP contribution in [0.4, 0.5) is 4.39 Å². The highest BCUT2D eigenvalue weighted by Crippen LogP contribution is 2.42. The third-order valence-corrected chi connectivity index (χ3v) is 16.6. The van der Waals surface area contributed by atoms with Crippen LogP contribution in [-0.2, 0) is 44.4 Å². The number of pyridine rings is 1. The summed E-state index contributed by atoms with van der Waals surface area (Å²) in [7, 11) is 5.17. The van der Waals surface area contributed by atoms with Crippen LogP contribution in [0.15, 0.2) is 42.7 Å². The summed E-state index contributed by atoms with van der Waals surface area (Å²) in [5, 5.41) is 72.6. The zero-order valence-electron chi connectivity index (χ0n) is 45.6. The van der Waals surface area contributed by atoms with Crippen molar-refractivity contribution in [2.45, 2.75) is 204 Å². The van der Waals surface area contributed by atoms with E-state index in [0.717, 1.165) is 5.56 Å². The maximum absolute atomic E-state index is 15.3. The largest absolute Gasteiger partial charge is 0.459 e. The highest BCUT2D eigenvalue weighted by atomic mass is 19.1. The molecule has 18 nitrogen and oxygen atoms in total. The molecule has 6 rings (SSSR count). The first kappa shape index (κ1) is 60.0. The van der Waals surface area contributed by atoms with E-state index in [4.69, 9.17) is 28.4 Å². The summed E-state index contributed by atoms with van der Waals surface area (Å²) in [4.78, 5) is 35.9. The fraction of sp³-hybridized carbons (Fsp3) is 0.764. The molecule has 0 bridgehead atoms. The minimum Gasteiger partial charge on any atom is -0.459 e. The van der Waals surface area contributed by atoms with Crippen LogP contribution >= 0.6 is 0 Å². The minimum absolute atomic E-state index is 0.0616. The van der Waals surface area contributed by atoms with Gasteiger partial charge in [0.15, 0.2) is 12.6 Å². The average Bonchev–Trinajstić information content (AvgIpc) is 4.13. The van der Waals surface area contributed by atoms with Crippen LogP contribution < -0.4 is 5.32 Å². The van der Waals surface area contributed by atoms with Crippen molar-refractivity contribution in [2.75, 3.05) is 40.9 Å². The van der Waals surface area contributed by atoms with Crippen LogP contribution in [0.1, 0.15) is 106 Å². The van der Waals surface area contributed by atoms with E-state index in [-0.39, 0.29) is 62.4 Å². The van der Waals surface area contributed by atoms with Gasteiger partial charge in [0.25, 0.3) is 0 Å². The fourth-order valence-corrected chi connectivity index (χ4v) is 11.5. The van der Waals surface area contributed by atoms with Crippen molar-refractivity contribution in [2.24, 2.45) is 23.7 Å². The molecule has 418 valence electrons. The number of aromatic nitrogens is 1. The molecule has 19 heteroatoms. The van der Waals surface area contributed by atoms with Crippen molar-refractivity contribution in [3.8, 4) is 11.1 Å². The number of rotatable bonds is 15. The molecule has 3 saturated heterocycles. The number of likely N-dealkylation sites (N-methyl/N-ethyl adjacent to an activating group) is 2. The van der Waals surface area contributed by atoms with Gasteiger partial charge in [0.1, 0.15) is 35.8 Å². The molecule has 1 saturated carbocycles. The van der Waals surface area contributed by atoms with Crippen LogP contribution in [-0.4, -0.2) is 195 Å². The van der Waals surface area contributed by atoms with E-state index in [1.165, 1.54) is 20.1 Å². The zero-order valence-corrected chi connectivity index (χ0v) is 45.6. The standard InChI is InChI=1S/C55H87FN4O14/c1-13-44-55(9,68)48(63)33(5)59(10)27-30(2)24-53(7,67)45(23-43(32(4)51(66)73-44)72-46-25-54(8,69-12)49(64)34(6)71-46)74-52-47(62)42(19-31(3)70-52)60(11)28-38-21-40(38)50(65)58-39(29-61)20-36-17-16-35(22-41(36)56)37-15-14-18-57-26-37/h14-18,22,26,30-34,38-40,42-49,52,61-64,67-68H,13,19-21,23-25,27-29H2,1-12H3,(H,58,65)/t30-,31-,32-,33-,34+,38+,39+,40-,42?,43+,44-,45-,46+,47-,48-,49+,52+,53-,54-,55-/m1/s1. The van der Waals surface area contributed by atoms with Crippen molar-refractivity contribution < 1.29 is 73.0 Å². The van der Waals surface area contributed by atoms with Crippen molar-refractivity contribution in [3.05, 3.63) is 54.1 Å².